The summed E-state index contributed by atoms with van der Waals surface area (Å²) in [6.45, 7) is 4.86. The van der Waals surface area contributed by atoms with Gasteiger partial charge in [-0.2, -0.15) is 0 Å². The Morgan fingerprint density at radius 1 is 0.422 bits per heavy atom. The molecule has 0 heterocycles. The lowest BCUT2D eigenvalue weighted by atomic mass is 10.0. The van der Waals surface area contributed by atoms with Crippen LogP contribution in [-0.2, 0) is 14.3 Å². The molecule has 0 aromatic carbocycles. The molecule has 0 bridgehead atoms. The summed E-state index contributed by atoms with van der Waals surface area (Å²) in [5.74, 6) is -0.0904. The summed E-state index contributed by atoms with van der Waals surface area (Å²) in [5.41, 5.74) is 0. The zero-order chi connectivity index (χ0) is 46.5. The number of aliphatic hydroxyl groups is 2. The number of allylic oxidation sites excluding steroid dienone is 3. The quantitative estimate of drug-likeness (QED) is 0.0321. The van der Waals surface area contributed by atoms with Gasteiger partial charge in [-0.3, -0.25) is 9.59 Å². The molecule has 0 aromatic rings. The highest BCUT2D eigenvalue weighted by molar-refractivity contribution is 5.76. The number of hydrogen-bond donors (Lipinski definition) is 3. The molecule has 0 aromatic heterocycles. The van der Waals surface area contributed by atoms with E-state index in [2.05, 4.69) is 31.3 Å². The van der Waals surface area contributed by atoms with Crippen molar-refractivity contribution in [3.63, 3.8) is 0 Å². The standard InChI is InChI=1S/C58H111NO5/c1-3-5-7-9-11-13-15-16-17-18-19-20-21-22-23-24-27-31-34-38-42-46-50-56(61)55(54-60)59-57(62)51-47-43-39-35-32-28-25-26-29-33-37-41-45-49-53-64-58(63)52-48-44-40-36-30-14-12-10-8-6-4-2/h10,12,46,50,55-56,60-61H,3-9,11,13-45,47-49,51-54H2,1-2H3,(H,59,62)/b12-10-,50-46+. The van der Waals surface area contributed by atoms with E-state index in [1.165, 1.54) is 225 Å². The fraction of sp³-hybridized carbons (Fsp3) is 0.897. The number of hydrogen-bond acceptors (Lipinski definition) is 5. The minimum Gasteiger partial charge on any atom is -0.466 e. The Balaban J connectivity index is 3.48. The largest absolute Gasteiger partial charge is 0.466 e. The maximum atomic E-state index is 12.5. The molecule has 6 heteroatoms. The van der Waals surface area contributed by atoms with Crippen molar-refractivity contribution in [2.45, 2.75) is 321 Å². The van der Waals surface area contributed by atoms with Gasteiger partial charge in [0, 0.05) is 12.8 Å². The molecule has 0 saturated heterocycles. The van der Waals surface area contributed by atoms with E-state index in [9.17, 15) is 19.8 Å². The average Bonchev–Trinajstić information content (AvgIpc) is 3.29. The predicted octanol–water partition coefficient (Wildman–Crippen LogP) is 17.5. The number of ether oxygens (including phenoxy) is 1. The molecule has 3 N–H and O–H groups in total. The molecule has 0 aliphatic heterocycles. The van der Waals surface area contributed by atoms with E-state index >= 15 is 0 Å². The van der Waals surface area contributed by atoms with Gasteiger partial charge in [0.25, 0.3) is 0 Å². The third-order valence-electron chi connectivity index (χ3n) is 13.2. The molecular formula is C58H111NO5. The van der Waals surface area contributed by atoms with E-state index in [-0.39, 0.29) is 18.5 Å². The minimum atomic E-state index is -0.852. The van der Waals surface area contributed by atoms with Gasteiger partial charge < -0.3 is 20.3 Å². The van der Waals surface area contributed by atoms with Crippen molar-refractivity contribution in [3.05, 3.63) is 24.3 Å². The van der Waals surface area contributed by atoms with Crippen molar-refractivity contribution in [1.82, 2.24) is 5.32 Å². The number of carbonyl (C=O) groups excluding carboxylic acids is 2. The Hall–Kier alpha value is -1.66. The first kappa shape index (κ1) is 62.3. The number of aliphatic hydroxyl groups excluding tert-OH is 2. The van der Waals surface area contributed by atoms with Crippen molar-refractivity contribution >= 4 is 11.9 Å². The van der Waals surface area contributed by atoms with E-state index in [4.69, 9.17) is 4.74 Å². The van der Waals surface area contributed by atoms with Crippen molar-refractivity contribution in [2.24, 2.45) is 0 Å². The van der Waals surface area contributed by atoms with Gasteiger partial charge in [-0.05, 0) is 51.4 Å². The molecular weight excluding hydrogens is 791 g/mol. The number of rotatable bonds is 53. The normalized spacial score (nSPS) is 12.8. The number of carbonyl (C=O) groups is 2. The minimum absolute atomic E-state index is 0.0141. The van der Waals surface area contributed by atoms with Crippen LogP contribution in [0.2, 0.25) is 0 Å². The maximum Gasteiger partial charge on any atom is 0.305 e. The molecule has 0 radical (unpaired) electrons. The van der Waals surface area contributed by atoms with E-state index in [0.717, 1.165) is 57.8 Å². The van der Waals surface area contributed by atoms with E-state index in [1.807, 2.05) is 6.08 Å². The van der Waals surface area contributed by atoms with E-state index < -0.39 is 12.1 Å². The van der Waals surface area contributed by atoms with Crippen molar-refractivity contribution < 1.29 is 24.5 Å². The highest BCUT2D eigenvalue weighted by atomic mass is 16.5. The molecule has 0 rings (SSSR count). The van der Waals surface area contributed by atoms with Gasteiger partial charge in [-0.15, -0.1) is 0 Å². The topological polar surface area (TPSA) is 95.9 Å². The molecule has 0 saturated carbocycles. The summed E-state index contributed by atoms with van der Waals surface area (Å²) in [5, 5.41) is 23.2. The first-order chi connectivity index (χ1) is 31.5. The fourth-order valence-corrected chi connectivity index (χ4v) is 8.79. The summed E-state index contributed by atoms with van der Waals surface area (Å²) in [6.07, 6.45) is 64.8. The van der Waals surface area contributed by atoms with Gasteiger partial charge in [-0.25, -0.2) is 0 Å². The predicted molar refractivity (Wildman–Crippen MR) is 278 cm³/mol. The fourth-order valence-electron chi connectivity index (χ4n) is 8.79. The van der Waals surface area contributed by atoms with Crippen molar-refractivity contribution in [3.8, 4) is 0 Å². The van der Waals surface area contributed by atoms with Gasteiger partial charge in [0.1, 0.15) is 0 Å². The van der Waals surface area contributed by atoms with Gasteiger partial charge in [-0.1, -0.05) is 269 Å². The van der Waals surface area contributed by atoms with Gasteiger partial charge in [0.15, 0.2) is 0 Å². The molecule has 2 atom stereocenters. The van der Waals surface area contributed by atoms with Crippen LogP contribution in [0.4, 0.5) is 0 Å². The lowest BCUT2D eigenvalue weighted by molar-refractivity contribution is -0.143. The van der Waals surface area contributed by atoms with Gasteiger partial charge in [0.05, 0.1) is 25.4 Å². The zero-order valence-corrected chi connectivity index (χ0v) is 43.0. The number of nitrogens with one attached hydrogen (secondary N) is 1. The molecule has 0 aliphatic carbocycles. The molecule has 1 amide bonds. The highest BCUT2D eigenvalue weighted by Crippen LogP contribution is 2.17. The maximum absolute atomic E-state index is 12.5. The SMILES string of the molecule is CCCC/C=C\CCCCCCCC(=O)OCCCCCCCCCCCCCCCCC(=O)NC(CO)C(O)/C=C/CCCCCCCCCCCCCCCCCCCCCC. The molecule has 0 aliphatic rings. The molecule has 64 heavy (non-hydrogen) atoms. The van der Waals surface area contributed by atoms with Crippen LogP contribution in [0.3, 0.4) is 0 Å². The zero-order valence-electron chi connectivity index (χ0n) is 43.0. The second-order valence-corrected chi connectivity index (χ2v) is 19.6. The number of unbranched alkanes of at least 4 members (excludes halogenated alkanes) is 40. The van der Waals surface area contributed by atoms with Crippen LogP contribution in [0.15, 0.2) is 24.3 Å². The van der Waals surface area contributed by atoms with Crippen LogP contribution in [0.25, 0.3) is 0 Å². The Kier molecular flexibility index (Phi) is 52.6. The molecule has 2 unspecified atom stereocenters. The smallest absolute Gasteiger partial charge is 0.305 e. The summed E-state index contributed by atoms with van der Waals surface area (Å²) in [6, 6.07) is -0.636. The third kappa shape index (κ3) is 49.8. The Labute approximate surface area is 399 Å². The third-order valence-corrected chi connectivity index (χ3v) is 13.2. The second kappa shape index (κ2) is 54.0. The Morgan fingerprint density at radius 3 is 1.16 bits per heavy atom. The summed E-state index contributed by atoms with van der Waals surface area (Å²) in [4.78, 5) is 24.5. The van der Waals surface area contributed by atoms with Crippen molar-refractivity contribution in [1.29, 1.82) is 0 Å². The first-order valence-electron chi connectivity index (χ1n) is 28.6. The van der Waals surface area contributed by atoms with Crippen LogP contribution in [-0.4, -0.2) is 47.4 Å². The van der Waals surface area contributed by atoms with Crippen LogP contribution >= 0.6 is 0 Å². The average molecular weight is 903 g/mol. The molecule has 0 fully saturated rings. The summed E-state index contributed by atoms with van der Waals surface area (Å²) in [7, 11) is 0. The van der Waals surface area contributed by atoms with E-state index in [0.29, 0.717) is 19.4 Å². The summed E-state index contributed by atoms with van der Waals surface area (Å²) < 4.78 is 5.44. The second-order valence-electron chi connectivity index (χ2n) is 19.6. The molecule has 6 nitrogen and oxygen atoms in total. The van der Waals surface area contributed by atoms with Crippen LogP contribution in [0.1, 0.15) is 309 Å². The Bertz CT molecular complexity index is 997. The highest BCUT2D eigenvalue weighted by Gasteiger charge is 2.18. The van der Waals surface area contributed by atoms with Gasteiger partial charge >= 0.3 is 5.97 Å². The monoisotopic (exact) mass is 902 g/mol. The lowest BCUT2D eigenvalue weighted by Gasteiger charge is -2.20. The Morgan fingerprint density at radius 2 is 0.750 bits per heavy atom. The molecule has 0 spiro atoms. The van der Waals surface area contributed by atoms with Crippen molar-refractivity contribution in [2.75, 3.05) is 13.2 Å². The van der Waals surface area contributed by atoms with Crippen LogP contribution in [0.5, 0.6) is 0 Å². The molecule has 378 valence electrons. The number of esters is 1. The van der Waals surface area contributed by atoms with Crippen LogP contribution < -0.4 is 5.32 Å². The summed E-state index contributed by atoms with van der Waals surface area (Å²) >= 11 is 0. The lowest BCUT2D eigenvalue weighted by Crippen LogP contribution is -2.45. The number of amides is 1. The first-order valence-corrected chi connectivity index (χ1v) is 28.6. The van der Waals surface area contributed by atoms with E-state index in [1.54, 1.807) is 6.08 Å². The van der Waals surface area contributed by atoms with Crippen LogP contribution in [0, 0.1) is 0 Å². The van der Waals surface area contributed by atoms with Gasteiger partial charge in [0.2, 0.25) is 5.91 Å².